The van der Waals surface area contributed by atoms with E-state index < -0.39 is 10.0 Å². The lowest BCUT2D eigenvalue weighted by atomic mass is 10.2. The first-order valence-electron chi connectivity index (χ1n) is 6.63. The van der Waals surface area contributed by atoms with Gasteiger partial charge in [-0.1, -0.05) is 17.3 Å². The van der Waals surface area contributed by atoms with Crippen LogP contribution in [0.3, 0.4) is 0 Å². The second-order valence-corrected chi connectivity index (χ2v) is 7.01. The van der Waals surface area contributed by atoms with Crippen molar-refractivity contribution in [1.29, 1.82) is 0 Å². The van der Waals surface area contributed by atoms with Gasteiger partial charge >= 0.3 is 0 Å². The van der Waals surface area contributed by atoms with E-state index in [0.717, 1.165) is 5.39 Å². The molecule has 0 aliphatic heterocycles. The molecule has 0 unspecified atom stereocenters. The number of aromatic nitrogens is 4. The Hall–Kier alpha value is -2.32. The minimum atomic E-state index is -3.63. The highest BCUT2D eigenvalue weighted by Crippen LogP contribution is 2.25. The first kappa shape index (κ1) is 14.6. The summed E-state index contributed by atoms with van der Waals surface area (Å²) in [6, 6.07) is 6.86. The van der Waals surface area contributed by atoms with Crippen LogP contribution >= 0.6 is 0 Å². The third kappa shape index (κ3) is 2.58. The van der Waals surface area contributed by atoms with Gasteiger partial charge in [-0.15, -0.1) is 5.10 Å². The van der Waals surface area contributed by atoms with Crippen molar-refractivity contribution in [1.82, 2.24) is 24.3 Å². The van der Waals surface area contributed by atoms with Gasteiger partial charge in [0.25, 0.3) is 0 Å². The molecule has 22 heavy (non-hydrogen) atoms. The van der Waals surface area contributed by atoms with Crippen LogP contribution in [0.25, 0.3) is 10.8 Å². The van der Waals surface area contributed by atoms with Crippen molar-refractivity contribution in [3.63, 3.8) is 0 Å². The molecule has 0 N–H and O–H groups in total. The normalized spacial score (nSPS) is 12.1. The molecule has 3 aromatic rings. The highest BCUT2D eigenvalue weighted by Gasteiger charge is 2.23. The van der Waals surface area contributed by atoms with Gasteiger partial charge in [0.05, 0.1) is 17.1 Å². The van der Waals surface area contributed by atoms with Crippen molar-refractivity contribution in [3.8, 4) is 0 Å². The summed E-state index contributed by atoms with van der Waals surface area (Å²) in [5.74, 6) is 0. The topological polar surface area (TPSA) is 81.0 Å². The molecule has 0 saturated carbocycles. The Morgan fingerprint density at radius 1 is 1.27 bits per heavy atom. The molecule has 0 atom stereocenters. The van der Waals surface area contributed by atoms with E-state index in [9.17, 15) is 8.42 Å². The van der Waals surface area contributed by atoms with Crippen molar-refractivity contribution in [3.05, 3.63) is 48.5 Å². The van der Waals surface area contributed by atoms with E-state index in [1.165, 1.54) is 11.4 Å². The highest BCUT2D eigenvalue weighted by atomic mass is 32.2. The molecular weight excluding hydrogens is 302 g/mol. The molecule has 2 aromatic heterocycles. The quantitative estimate of drug-likeness (QED) is 0.722. The van der Waals surface area contributed by atoms with Crippen LogP contribution in [0.5, 0.6) is 0 Å². The van der Waals surface area contributed by atoms with Crippen molar-refractivity contribution < 1.29 is 8.42 Å². The minimum Gasteiger partial charge on any atom is -0.264 e. The van der Waals surface area contributed by atoms with Gasteiger partial charge in [0.15, 0.2) is 0 Å². The Bertz CT molecular complexity index is 914. The largest absolute Gasteiger partial charge is 0.264 e. The Balaban J connectivity index is 2.00. The number of rotatable bonds is 4. The summed E-state index contributed by atoms with van der Waals surface area (Å²) < 4.78 is 28.4. The van der Waals surface area contributed by atoms with Crippen LogP contribution in [-0.4, -0.2) is 39.7 Å². The van der Waals surface area contributed by atoms with Gasteiger partial charge in [-0.2, -0.15) is 4.31 Å². The van der Waals surface area contributed by atoms with E-state index in [1.54, 1.807) is 48.5 Å². The zero-order chi connectivity index (χ0) is 15.7. The summed E-state index contributed by atoms with van der Waals surface area (Å²) in [5.41, 5.74) is 0.593. The molecule has 0 aliphatic carbocycles. The van der Waals surface area contributed by atoms with Crippen molar-refractivity contribution in [2.45, 2.75) is 11.4 Å². The van der Waals surface area contributed by atoms with E-state index >= 15 is 0 Å². The Morgan fingerprint density at radius 2 is 2.09 bits per heavy atom. The van der Waals surface area contributed by atoms with E-state index in [1.807, 2.05) is 6.07 Å². The van der Waals surface area contributed by atoms with Crippen LogP contribution in [0.1, 0.15) is 5.69 Å². The molecule has 0 spiro atoms. The smallest absolute Gasteiger partial charge is 0.243 e. The molecule has 0 fully saturated rings. The molecule has 3 rings (SSSR count). The van der Waals surface area contributed by atoms with Gasteiger partial charge in [0.1, 0.15) is 0 Å². The summed E-state index contributed by atoms with van der Waals surface area (Å²) in [6.45, 7) is 0.164. The minimum absolute atomic E-state index is 0.164. The molecule has 114 valence electrons. The number of nitrogens with zero attached hydrogens (tertiary/aromatic N) is 5. The van der Waals surface area contributed by atoms with E-state index in [0.29, 0.717) is 11.1 Å². The number of sulfonamides is 1. The predicted octanol–water partition coefficient (Wildman–Crippen LogP) is 1.18. The van der Waals surface area contributed by atoms with Gasteiger partial charge in [0, 0.05) is 43.5 Å². The van der Waals surface area contributed by atoms with E-state index in [-0.39, 0.29) is 11.4 Å². The fourth-order valence-electron chi connectivity index (χ4n) is 2.27. The number of aryl methyl sites for hydroxylation is 1. The second-order valence-electron chi connectivity index (χ2n) is 5.00. The zero-order valence-corrected chi connectivity index (χ0v) is 13.0. The fourth-order valence-corrected chi connectivity index (χ4v) is 3.62. The maximum Gasteiger partial charge on any atom is 0.243 e. The predicted molar refractivity (Wildman–Crippen MR) is 81.4 cm³/mol. The summed E-state index contributed by atoms with van der Waals surface area (Å²) in [5, 5.41) is 9.18. The van der Waals surface area contributed by atoms with Gasteiger partial charge in [-0.25, -0.2) is 8.42 Å². The third-order valence-electron chi connectivity index (χ3n) is 3.36. The number of hydrogen-bond donors (Lipinski definition) is 0. The zero-order valence-electron chi connectivity index (χ0n) is 12.2. The van der Waals surface area contributed by atoms with Crippen LogP contribution in [0.4, 0.5) is 0 Å². The summed E-state index contributed by atoms with van der Waals surface area (Å²) in [7, 11) is -0.355. The van der Waals surface area contributed by atoms with Crippen molar-refractivity contribution in [2.75, 3.05) is 7.05 Å². The molecule has 0 aliphatic rings. The maximum absolute atomic E-state index is 12.8. The molecule has 1 aromatic carbocycles. The maximum atomic E-state index is 12.8. The van der Waals surface area contributed by atoms with Gasteiger partial charge in [0.2, 0.25) is 10.0 Å². The first-order chi connectivity index (χ1) is 10.5. The summed E-state index contributed by atoms with van der Waals surface area (Å²) in [4.78, 5) is 4.28. The Labute approximate surface area is 128 Å². The van der Waals surface area contributed by atoms with E-state index in [4.69, 9.17) is 0 Å². The molecule has 0 amide bonds. The van der Waals surface area contributed by atoms with Crippen LogP contribution in [0, 0.1) is 0 Å². The summed E-state index contributed by atoms with van der Waals surface area (Å²) in [6.07, 6.45) is 4.93. The number of pyridine rings is 1. The lowest BCUT2D eigenvalue weighted by Gasteiger charge is -2.17. The average molecular weight is 317 g/mol. The van der Waals surface area contributed by atoms with Crippen LogP contribution < -0.4 is 0 Å². The second kappa shape index (κ2) is 5.47. The lowest BCUT2D eigenvalue weighted by Crippen LogP contribution is -2.26. The van der Waals surface area contributed by atoms with Gasteiger partial charge in [-0.05, 0) is 12.1 Å². The third-order valence-corrected chi connectivity index (χ3v) is 5.23. The van der Waals surface area contributed by atoms with Gasteiger partial charge in [-0.3, -0.25) is 9.67 Å². The monoisotopic (exact) mass is 317 g/mol. The first-order valence-corrected chi connectivity index (χ1v) is 8.07. The van der Waals surface area contributed by atoms with Crippen molar-refractivity contribution >= 4 is 20.8 Å². The molecule has 2 heterocycles. The standard InChI is InChI=1S/C14H15N5O2S/c1-18-9-12(16-17-18)10-19(2)22(20,21)14-5-3-4-11-8-15-7-6-13(11)14/h3-9H,10H2,1-2H3. The molecule has 0 radical (unpaired) electrons. The molecule has 0 bridgehead atoms. The van der Waals surface area contributed by atoms with Crippen molar-refractivity contribution in [2.24, 2.45) is 7.05 Å². The van der Waals surface area contributed by atoms with Gasteiger partial charge < -0.3 is 0 Å². The number of benzene rings is 1. The lowest BCUT2D eigenvalue weighted by molar-refractivity contribution is 0.462. The highest BCUT2D eigenvalue weighted by molar-refractivity contribution is 7.89. The Kier molecular flexibility index (Phi) is 3.63. The average Bonchev–Trinajstić information content (AvgIpc) is 2.91. The SMILES string of the molecule is CN(Cc1cn(C)nn1)S(=O)(=O)c1cccc2cnccc12. The molecule has 0 saturated heterocycles. The molecule has 7 nitrogen and oxygen atoms in total. The number of hydrogen-bond acceptors (Lipinski definition) is 5. The molecule has 8 heteroatoms. The Morgan fingerprint density at radius 3 is 2.82 bits per heavy atom. The van der Waals surface area contributed by atoms with E-state index in [2.05, 4.69) is 15.3 Å². The van der Waals surface area contributed by atoms with Crippen LogP contribution in [0.15, 0.2) is 47.8 Å². The van der Waals surface area contributed by atoms with Crippen LogP contribution in [0.2, 0.25) is 0 Å². The van der Waals surface area contributed by atoms with Crippen LogP contribution in [-0.2, 0) is 23.6 Å². The fraction of sp³-hybridized carbons (Fsp3) is 0.214. The number of fused-ring (bicyclic) bond motifs is 1. The summed E-state index contributed by atoms with van der Waals surface area (Å²) >= 11 is 0. The molecular formula is C14H15N5O2S.